The molecule has 300 valence electrons. The molecule has 6 heterocycles. The minimum absolute atomic E-state index is 0.0747. The molecule has 0 saturated carbocycles. The van der Waals surface area contributed by atoms with Crippen LogP contribution in [-0.2, 0) is 48.1 Å². The van der Waals surface area contributed by atoms with Gasteiger partial charge in [-0.3, -0.25) is 24.3 Å². The number of anilines is 2. The van der Waals surface area contributed by atoms with Gasteiger partial charge >= 0.3 is 6.18 Å². The molecule has 1 N–H and O–H groups in total. The Morgan fingerprint density at radius 2 is 1.35 bits per heavy atom. The van der Waals surface area contributed by atoms with E-state index in [1.807, 2.05) is 24.3 Å². The third kappa shape index (κ3) is 9.21. The zero-order valence-corrected chi connectivity index (χ0v) is 32.5. The second-order valence-electron chi connectivity index (χ2n) is 15.3. The zero-order chi connectivity index (χ0) is 39.5. The molecule has 1 atom stereocenters. The number of pyridine rings is 2. The smallest absolute Gasteiger partial charge is 0.416 e. The lowest BCUT2D eigenvalue weighted by Crippen LogP contribution is -2.42. The number of aromatic nitrogens is 2. The van der Waals surface area contributed by atoms with Crippen LogP contribution in [0.5, 0.6) is 11.8 Å². The molecule has 4 aliphatic heterocycles. The average Bonchev–Trinajstić information content (AvgIpc) is 3.19. The van der Waals surface area contributed by atoms with E-state index < -0.39 is 17.8 Å². The van der Waals surface area contributed by atoms with E-state index in [4.69, 9.17) is 26.1 Å². The van der Waals surface area contributed by atoms with Crippen LogP contribution in [0.25, 0.3) is 0 Å². The Bertz CT molecular complexity index is 2130. The molecule has 4 aliphatic rings. The quantitative estimate of drug-likeness (QED) is 0.136. The van der Waals surface area contributed by atoms with Crippen LogP contribution in [-0.4, -0.2) is 71.0 Å². The van der Waals surface area contributed by atoms with Crippen LogP contribution in [0.1, 0.15) is 83.5 Å². The van der Waals surface area contributed by atoms with Gasteiger partial charge in [-0.05, 0) is 122 Å². The highest BCUT2D eigenvalue weighted by atomic mass is 35.5. The highest BCUT2D eigenvalue weighted by molar-refractivity contribution is 6.30. The number of alkyl halides is 3. The fraction of sp³-hybridized carbons (Fsp3) is 0.442. The minimum atomic E-state index is -4.33. The number of nitrogens with one attached hydrogen (secondary N) is 1. The van der Waals surface area contributed by atoms with E-state index >= 15 is 0 Å². The van der Waals surface area contributed by atoms with E-state index in [1.54, 1.807) is 17.0 Å². The predicted molar refractivity (Wildman–Crippen MR) is 211 cm³/mol. The number of aryl methyl sites for hydroxylation is 1. The summed E-state index contributed by atoms with van der Waals surface area (Å²) in [5.41, 5.74) is 5.43. The van der Waals surface area contributed by atoms with Crippen molar-refractivity contribution >= 4 is 35.1 Å². The first kappa shape index (κ1) is 39.1. The molecule has 2 amide bonds. The molecule has 2 aromatic heterocycles. The van der Waals surface area contributed by atoms with Crippen molar-refractivity contribution in [2.45, 2.75) is 83.1 Å². The summed E-state index contributed by atoms with van der Waals surface area (Å²) in [7, 11) is 0. The summed E-state index contributed by atoms with van der Waals surface area (Å²) in [5.74, 6) is 1.35. The SMILES string of the molecule is O=C1CC(N2C(=O)CCc3ccc(OCCCCN4CCc5cc(C(F)(F)F)ccc5C4)nc32)c2ccc(OCCCCN3CCc4cc(Cl)ccc4C3)nc2N1. The number of benzene rings is 2. The van der Waals surface area contributed by atoms with Crippen LogP contribution < -0.4 is 19.7 Å². The maximum atomic E-state index is 13.5. The van der Waals surface area contributed by atoms with Crippen molar-refractivity contribution in [3.8, 4) is 11.8 Å². The van der Waals surface area contributed by atoms with Crippen LogP contribution in [0.2, 0.25) is 5.02 Å². The van der Waals surface area contributed by atoms with Crippen molar-refractivity contribution in [1.82, 2.24) is 19.8 Å². The summed E-state index contributed by atoms with van der Waals surface area (Å²) < 4.78 is 51.5. The number of hydrogen-bond acceptors (Lipinski definition) is 8. The summed E-state index contributed by atoms with van der Waals surface area (Å²) in [6, 6.07) is 17.0. The Hall–Kier alpha value is -4.72. The first-order valence-corrected chi connectivity index (χ1v) is 20.2. The van der Waals surface area contributed by atoms with Gasteiger partial charge in [0.05, 0.1) is 31.2 Å². The fourth-order valence-electron chi connectivity index (χ4n) is 8.32. The highest BCUT2D eigenvalue weighted by Crippen LogP contribution is 2.41. The van der Waals surface area contributed by atoms with Crippen molar-refractivity contribution in [3.63, 3.8) is 0 Å². The molecule has 57 heavy (non-hydrogen) atoms. The van der Waals surface area contributed by atoms with E-state index in [9.17, 15) is 22.8 Å². The van der Waals surface area contributed by atoms with Gasteiger partial charge in [-0.25, -0.2) is 0 Å². The van der Waals surface area contributed by atoms with Gasteiger partial charge in [0.1, 0.15) is 11.6 Å². The van der Waals surface area contributed by atoms with E-state index in [-0.39, 0.29) is 18.2 Å². The van der Waals surface area contributed by atoms with Crippen LogP contribution in [0.3, 0.4) is 0 Å². The van der Waals surface area contributed by atoms with Gasteiger partial charge in [0, 0.05) is 55.3 Å². The topological polar surface area (TPSA) is 100 Å². The molecule has 0 aliphatic carbocycles. The lowest BCUT2D eigenvalue weighted by molar-refractivity contribution is -0.137. The number of carbonyl (C=O) groups is 2. The van der Waals surface area contributed by atoms with Gasteiger partial charge in [-0.15, -0.1) is 0 Å². The lowest BCUT2D eigenvalue weighted by atomic mass is 9.95. The number of hydrogen-bond donors (Lipinski definition) is 1. The fourth-order valence-corrected chi connectivity index (χ4v) is 8.52. The molecule has 8 rings (SSSR count). The van der Waals surface area contributed by atoms with Gasteiger partial charge < -0.3 is 14.8 Å². The van der Waals surface area contributed by atoms with E-state index in [2.05, 4.69) is 32.2 Å². The standard InChI is InChI=1S/C43H46ClF3N6O4/c44-34-10-6-32-27-52(20-16-30(32)24-34)18-1-3-21-56-38-13-11-35-36(25-37(54)48-41(35)49-38)53-40(55)14-8-28-7-12-39(50-42(28)53)57-22-4-2-17-51-19-15-29-23-33(43(45,46)47)9-5-31(29)26-51/h5-7,9-13,23-24,36H,1-4,8,14-22,25-27H2,(H,48,49,54). The van der Waals surface area contributed by atoms with Gasteiger partial charge in [-0.2, -0.15) is 23.1 Å². The molecule has 0 radical (unpaired) electrons. The average molecular weight is 803 g/mol. The minimum Gasteiger partial charge on any atom is -0.478 e. The van der Waals surface area contributed by atoms with Crippen LogP contribution in [0.4, 0.5) is 24.8 Å². The molecular formula is C43H46ClF3N6O4. The number of ether oxygens (including phenoxy) is 2. The van der Waals surface area contributed by atoms with Crippen molar-refractivity contribution in [2.24, 2.45) is 0 Å². The Labute approximate surface area is 335 Å². The van der Waals surface area contributed by atoms with Gasteiger partial charge in [0.25, 0.3) is 0 Å². The molecule has 0 saturated heterocycles. The summed E-state index contributed by atoms with van der Waals surface area (Å²) in [6.45, 7) is 5.97. The van der Waals surface area contributed by atoms with E-state index in [0.717, 1.165) is 91.6 Å². The van der Waals surface area contributed by atoms with Gasteiger partial charge in [-0.1, -0.05) is 23.7 Å². The Kier molecular flexibility index (Phi) is 11.7. The molecule has 10 nitrogen and oxygen atoms in total. The summed E-state index contributed by atoms with van der Waals surface area (Å²) in [4.78, 5) is 42.3. The lowest BCUT2D eigenvalue weighted by Gasteiger charge is -2.37. The maximum Gasteiger partial charge on any atom is 0.416 e. The summed E-state index contributed by atoms with van der Waals surface area (Å²) >= 11 is 6.16. The molecule has 2 aromatic carbocycles. The third-order valence-electron chi connectivity index (χ3n) is 11.4. The van der Waals surface area contributed by atoms with Crippen molar-refractivity contribution in [3.05, 3.63) is 105 Å². The van der Waals surface area contributed by atoms with Crippen molar-refractivity contribution in [1.29, 1.82) is 0 Å². The van der Waals surface area contributed by atoms with E-state index in [1.165, 1.54) is 17.2 Å². The highest BCUT2D eigenvalue weighted by Gasteiger charge is 2.38. The number of rotatable bonds is 13. The summed E-state index contributed by atoms with van der Waals surface area (Å²) in [5, 5.41) is 3.67. The number of nitrogens with zero attached hydrogens (tertiary/aromatic N) is 5. The van der Waals surface area contributed by atoms with Crippen molar-refractivity contribution < 1.29 is 32.2 Å². The molecule has 1 unspecified atom stereocenters. The van der Waals surface area contributed by atoms with E-state index in [0.29, 0.717) is 69.0 Å². The van der Waals surface area contributed by atoms with Crippen LogP contribution >= 0.6 is 11.6 Å². The molecule has 0 bridgehead atoms. The Morgan fingerprint density at radius 1 is 0.719 bits per heavy atom. The molecule has 14 heteroatoms. The summed E-state index contributed by atoms with van der Waals surface area (Å²) in [6.07, 6.45) is 1.64. The first-order chi connectivity index (χ1) is 27.6. The third-order valence-corrected chi connectivity index (χ3v) is 11.6. The molecule has 0 spiro atoms. The Morgan fingerprint density at radius 3 is 2.05 bits per heavy atom. The maximum absolute atomic E-state index is 13.5. The van der Waals surface area contributed by atoms with Crippen LogP contribution in [0, 0.1) is 0 Å². The van der Waals surface area contributed by atoms with Crippen molar-refractivity contribution in [2.75, 3.05) is 49.6 Å². The van der Waals surface area contributed by atoms with Gasteiger partial charge in [0.15, 0.2) is 0 Å². The second kappa shape index (κ2) is 17.0. The largest absolute Gasteiger partial charge is 0.478 e. The number of carbonyl (C=O) groups excluding carboxylic acids is 2. The predicted octanol–water partition coefficient (Wildman–Crippen LogP) is 7.95. The monoisotopic (exact) mass is 802 g/mol. The van der Waals surface area contributed by atoms with Crippen LogP contribution in [0.15, 0.2) is 60.7 Å². The molecular weight excluding hydrogens is 757 g/mol. The number of halogens is 4. The number of amides is 2. The molecule has 4 aromatic rings. The second-order valence-corrected chi connectivity index (χ2v) is 15.7. The Balaban J connectivity index is 0.833. The number of fused-ring (bicyclic) bond motifs is 4. The zero-order valence-electron chi connectivity index (χ0n) is 31.8. The number of unbranched alkanes of at least 4 members (excludes halogenated alkanes) is 2. The molecule has 0 fully saturated rings. The van der Waals surface area contributed by atoms with Gasteiger partial charge in [0.2, 0.25) is 23.6 Å². The normalized spacial score (nSPS) is 18.3. The first-order valence-electron chi connectivity index (χ1n) is 19.9.